The van der Waals surface area contributed by atoms with E-state index in [1.807, 2.05) is 6.07 Å². The van der Waals surface area contributed by atoms with Crippen molar-refractivity contribution in [1.82, 2.24) is 4.98 Å². The topological polar surface area (TPSA) is 119 Å². The average molecular weight is 322 g/mol. The zero-order valence-electron chi connectivity index (χ0n) is 11.7. The summed E-state index contributed by atoms with van der Waals surface area (Å²) in [6.07, 6.45) is 1.63. The molecule has 0 atom stereocenters. The van der Waals surface area contributed by atoms with Crippen molar-refractivity contribution in [2.45, 2.75) is 11.4 Å². The van der Waals surface area contributed by atoms with Gasteiger partial charge in [0.05, 0.1) is 22.1 Å². The van der Waals surface area contributed by atoms with E-state index in [-0.39, 0.29) is 16.3 Å². The number of benzene rings is 1. The number of sulfonamides is 1. The predicted molar refractivity (Wildman–Crippen MR) is 80.8 cm³/mol. The normalized spacial score (nSPS) is 11.2. The highest BCUT2D eigenvalue weighted by Gasteiger charge is 2.21. The molecule has 8 nitrogen and oxygen atoms in total. The fourth-order valence-corrected chi connectivity index (χ4v) is 2.50. The van der Waals surface area contributed by atoms with Crippen molar-refractivity contribution >= 4 is 21.4 Å². The molecule has 1 heterocycles. The van der Waals surface area contributed by atoms with Crippen LogP contribution in [0.2, 0.25) is 0 Å². The summed E-state index contributed by atoms with van der Waals surface area (Å²) in [6, 6.07) is 8.94. The minimum Gasteiger partial charge on any atom is -0.363 e. The van der Waals surface area contributed by atoms with Gasteiger partial charge in [-0.15, -0.1) is 0 Å². The molecule has 0 saturated carbocycles. The first kappa shape index (κ1) is 15.9. The van der Waals surface area contributed by atoms with Gasteiger partial charge in [-0.2, -0.15) is 0 Å². The highest BCUT2D eigenvalue weighted by molar-refractivity contribution is 7.89. The highest BCUT2D eigenvalue weighted by Crippen LogP contribution is 2.30. The van der Waals surface area contributed by atoms with E-state index in [9.17, 15) is 18.5 Å². The number of nitrogens with zero attached hydrogens (tertiary/aromatic N) is 3. The summed E-state index contributed by atoms with van der Waals surface area (Å²) in [5.74, 6) is 0. The first-order chi connectivity index (χ1) is 10.3. The Hall–Kier alpha value is -2.52. The molecule has 1 aromatic carbocycles. The third-order valence-corrected chi connectivity index (χ3v) is 3.92. The van der Waals surface area contributed by atoms with E-state index in [2.05, 4.69) is 4.98 Å². The molecule has 0 saturated heterocycles. The molecule has 0 unspecified atom stereocenters. The van der Waals surface area contributed by atoms with Gasteiger partial charge < -0.3 is 4.90 Å². The maximum Gasteiger partial charge on any atom is 0.293 e. The van der Waals surface area contributed by atoms with E-state index in [0.717, 1.165) is 11.8 Å². The lowest BCUT2D eigenvalue weighted by Crippen LogP contribution is -2.19. The smallest absolute Gasteiger partial charge is 0.293 e. The zero-order chi connectivity index (χ0) is 16.3. The molecule has 2 aromatic rings. The Morgan fingerprint density at radius 1 is 1.32 bits per heavy atom. The van der Waals surface area contributed by atoms with Gasteiger partial charge in [0.15, 0.2) is 0 Å². The minimum absolute atomic E-state index is 0.281. The zero-order valence-corrected chi connectivity index (χ0v) is 12.5. The van der Waals surface area contributed by atoms with Gasteiger partial charge in [0, 0.05) is 19.3 Å². The maximum atomic E-state index is 11.3. The monoisotopic (exact) mass is 322 g/mol. The van der Waals surface area contributed by atoms with Gasteiger partial charge in [0.1, 0.15) is 5.69 Å². The van der Waals surface area contributed by atoms with Crippen molar-refractivity contribution < 1.29 is 13.3 Å². The van der Waals surface area contributed by atoms with Crippen LogP contribution in [0, 0.1) is 10.1 Å². The maximum absolute atomic E-state index is 11.3. The second-order valence-corrected chi connectivity index (χ2v) is 6.19. The number of hydrogen-bond acceptors (Lipinski definition) is 6. The summed E-state index contributed by atoms with van der Waals surface area (Å²) >= 11 is 0. The van der Waals surface area contributed by atoms with E-state index in [4.69, 9.17) is 5.14 Å². The Labute approximate surface area is 127 Å². The van der Waals surface area contributed by atoms with Crippen LogP contribution >= 0.6 is 0 Å². The van der Waals surface area contributed by atoms with Gasteiger partial charge >= 0.3 is 0 Å². The molecule has 2 N–H and O–H groups in total. The first-order valence-corrected chi connectivity index (χ1v) is 7.76. The lowest BCUT2D eigenvalue weighted by molar-refractivity contribution is -0.384. The molecule has 0 aliphatic heterocycles. The van der Waals surface area contributed by atoms with E-state index in [1.54, 1.807) is 30.3 Å². The Bertz CT molecular complexity index is 793. The quantitative estimate of drug-likeness (QED) is 0.654. The second kappa shape index (κ2) is 6.08. The Balaban J connectivity index is 2.40. The van der Waals surface area contributed by atoms with Crippen LogP contribution in [-0.4, -0.2) is 25.4 Å². The van der Waals surface area contributed by atoms with Crippen LogP contribution < -0.4 is 10.0 Å². The molecule has 0 bridgehead atoms. The van der Waals surface area contributed by atoms with Crippen molar-refractivity contribution in [3.63, 3.8) is 0 Å². The third kappa shape index (κ3) is 3.57. The van der Waals surface area contributed by atoms with Crippen LogP contribution in [0.15, 0.2) is 47.5 Å². The van der Waals surface area contributed by atoms with Gasteiger partial charge in [0.25, 0.3) is 5.69 Å². The number of nitro benzene ring substituents is 1. The van der Waals surface area contributed by atoms with Crippen LogP contribution in [0.5, 0.6) is 0 Å². The largest absolute Gasteiger partial charge is 0.363 e. The molecule has 0 aliphatic carbocycles. The average Bonchev–Trinajstić information content (AvgIpc) is 2.46. The molecule has 22 heavy (non-hydrogen) atoms. The summed E-state index contributed by atoms with van der Waals surface area (Å²) in [4.78, 5) is 16.0. The summed E-state index contributed by atoms with van der Waals surface area (Å²) in [5.41, 5.74) is 0.683. The Morgan fingerprint density at radius 2 is 2.05 bits per heavy atom. The molecule has 0 radical (unpaired) electrons. The number of rotatable bonds is 5. The first-order valence-electron chi connectivity index (χ1n) is 6.21. The molecule has 0 spiro atoms. The number of anilines is 1. The number of nitrogens with two attached hydrogens (primary N) is 1. The van der Waals surface area contributed by atoms with E-state index >= 15 is 0 Å². The molecular weight excluding hydrogens is 308 g/mol. The van der Waals surface area contributed by atoms with E-state index in [1.165, 1.54) is 12.1 Å². The Kier molecular flexibility index (Phi) is 4.38. The molecule has 0 amide bonds. The van der Waals surface area contributed by atoms with Crippen LogP contribution in [0.25, 0.3) is 0 Å². The molecule has 2 rings (SSSR count). The lowest BCUT2D eigenvalue weighted by atomic mass is 10.2. The summed E-state index contributed by atoms with van der Waals surface area (Å²) in [6.45, 7) is 0.344. The predicted octanol–water partition coefficient (Wildman–Crippen LogP) is 1.27. The van der Waals surface area contributed by atoms with Gasteiger partial charge in [-0.1, -0.05) is 6.07 Å². The van der Waals surface area contributed by atoms with Crippen LogP contribution in [0.4, 0.5) is 11.4 Å². The molecule has 9 heteroatoms. The van der Waals surface area contributed by atoms with Gasteiger partial charge in [-0.25, -0.2) is 13.6 Å². The van der Waals surface area contributed by atoms with Gasteiger partial charge in [-0.05, 0) is 24.3 Å². The van der Waals surface area contributed by atoms with Crippen molar-refractivity contribution in [1.29, 1.82) is 0 Å². The molecular formula is C13H14N4O4S. The van der Waals surface area contributed by atoms with Crippen LogP contribution in [-0.2, 0) is 16.6 Å². The fourth-order valence-electron chi connectivity index (χ4n) is 1.97. The summed E-state index contributed by atoms with van der Waals surface area (Å²) in [7, 11) is -2.34. The number of pyridine rings is 1. The van der Waals surface area contributed by atoms with Crippen molar-refractivity contribution in [2.75, 3.05) is 11.9 Å². The third-order valence-electron chi connectivity index (χ3n) is 3.01. The Morgan fingerprint density at radius 3 is 2.59 bits per heavy atom. The lowest BCUT2D eigenvalue weighted by Gasteiger charge is -2.19. The van der Waals surface area contributed by atoms with Crippen molar-refractivity contribution in [3.05, 3.63) is 58.4 Å². The SMILES string of the molecule is CN(Cc1ccccn1)c1ccc(S(N)(=O)=O)cc1[N+](=O)[O-]. The van der Waals surface area contributed by atoms with Gasteiger partial charge in [0.2, 0.25) is 10.0 Å². The van der Waals surface area contributed by atoms with E-state index < -0.39 is 14.9 Å². The van der Waals surface area contributed by atoms with Crippen LogP contribution in [0.3, 0.4) is 0 Å². The summed E-state index contributed by atoms with van der Waals surface area (Å²) < 4.78 is 22.6. The standard InChI is InChI=1S/C13H14N4O4S/c1-16(9-10-4-2-3-7-15-10)12-6-5-11(22(14,20)21)8-13(12)17(18)19/h2-8H,9H2,1H3,(H2,14,20,21). The van der Waals surface area contributed by atoms with Gasteiger partial charge in [-0.3, -0.25) is 15.1 Å². The van der Waals surface area contributed by atoms with E-state index in [0.29, 0.717) is 6.54 Å². The second-order valence-electron chi connectivity index (χ2n) is 4.63. The minimum atomic E-state index is -4.00. The molecule has 0 fully saturated rings. The van der Waals surface area contributed by atoms with Crippen LogP contribution in [0.1, 0.15) is 5.69 Å². The number of aromatic nitrogens is 1. The van der Waals surface area contributed by atoms with Crippen molar-refractivity contribution in [3.8, 4) is 0 Å². The molecule has 116 valence electrons. The van der Waals surface area contributed by atoms with Crippen molar-refractivity contribution in [2.24, 2.45) is 5.14 Å². The number of primary sulfonamides is 1. The summed E-state index contributed by atoms with van der Waals surface area (Å²) in [5, 5.41) is 16.2. The fraction of sp³-hybridized carbons (Fsp3) is 0.154. The number of nitro groups is 1. The number of hydrogen-bond donors (Lipinski definition) is 1. The molecule has 0 aliphatic rings. The molecule has 1 aromatic heterocycles. The highest BCUT2D eigenvalue weighted by atomic mass is 32.2.